The largest absolute Gasteiger partial charge is 0.385 e. The van der Waals surface area contributed by atoms with E-state index in [0.717, 1.165) is 22.3 Å². The maximum absolute atomic E-state index is 11.8. The predicted octanol–water partition coefficient (Wildman–Crippen LogP) is 1.47. The molecule has 1 aliphatic rings. The maximum atomic E-state index is 11.8. The van der Waals surface area contributed by atoms with Crippen molar-refractivity contribution in [3.8, 4) is 11.3 Å². The third-order valence-corrected chi connectivity index (χ3v) is 5.51. The Morgan fingerprint density at radius 2 is 2.20 bits per heavy atom. The first-order valence-electron chi connectivity index (χ1n) is 9.55. The average Bonchev–Trinajstić information content (AvgIpc) is 3.48. The number of ether oxygens (including phenoxy) is 2. The minimum Gasteiger partial charge on any atom is -0.385 e. The van der Waals surface area contributed by atoms with Crippen LogP contribution in [0.1, 0.15) is 16.5 Å². The number of carbonyl (C=O) groups excluding carboxylic acids is 1. The van der Waals surface area contributed by atoms with Gasteiger partial charge in [0.15, 0.2) is 5.65 Å². The van der Waals surface area contributed by atoms with Gasteiger partial charge in [0, 0.05) is 37.5 Å². The van der Waals surface area contributed by atoms with Crippen LogP contribution in [0, 0.1) is 0 Å². The molecule has 3 N–H and O–H groups in total. The second-order valence-electron chi connectivity index (χ2n) is 7.14. The number of hydrogen-bond acceptors (Lipinski definition) is 7. The molecule has 0 saturated carbocycles. The van der Waals surface area contributed by atoms with Gasteiger partial charge in [0.2, 0.25) is 0 Å². The molecule has 1 saturated heterocycles. The van der Waals surface area contributed by atoms with Crippen molar-refractivity contribution >= 4 is 28.3 Å². The van der Waals surface area contributed by atoms with Crippen molar-refractivity contribution in [3.05, 3.63) is 42.5 Å². The molecular weight excluding hydrogens is 386 g/mol. The molecule has 4 aromatic heterocycles. The van der Waals surface area contributed by atoms with Crippen LogP contribution in [0.15, 0.2) is 36.8 Å². The van der Waals surface area contributed by atoms with E-state index in [0.29, 0.717) is 24.6 Å². The van der Waals surface area contributed by atoms with Crippen LogP contribution in [-0.4, -0.2) is 63.5 Å². The zero-order valence-corrected chi connectivity index (χ0v) is 16.6. The number of nitrogens with zero attached hydrogens (tertiary/aromatic N) is 5. The molecule has 4 aromatic rings. The first kappa shape index (κ1) is 18.5. The normalized spacial score (nSPS) is 19.0. The van der Waals surface area contributed by atoms with Gasteiger partial charge in [-0.05, 0) is 18.2 Å². The van der Waals surface area contributed by atoms with Gasteiger partial charge in [-0.3, -0.25) is 4.79 Å². The number of hydrogen-bond donors (Lipinski definition) is 2. The molecular formula is C20H21N7O3. The fraction of sp³-hybridized carbons (Fsp3) is 0.300. The summed E-state index contributed by atoms with van der Waals surface area (Å²) in [5.41, 5.74) is 9.35. The number of primary amides is 1. The summed E-state index contributed by atoms with van der Waals surface area (Å²) in [5.74, 6) is -0.593. The molecule has 10 nitrogen and oxygen atoms in total. The number of methoxy groups -OCH3 is 1. The monoisotopic (exact) mass is 407 g/mol. The van der Waals surface area contributed by atoms with E-state index in [1.54, 1.807) is 20.4 Å². The van der Waals surface area contributed by atoms with Crippen molar-refractivity contribution in [1.82, 2.24) is 24.1 Å². The van der Waals surface area contributed by atoms with Crippen LogP contribution in [0.25, 0.3) is 27.9 Å². The summed E-state index contributed by atoms with van der Waals surface area (Å²) in [6, 6.07) is 5.79. The predicted molar refractivity (Wildman–Crippen MR) is 110 cm³/mol. The third-order valence-electron chi connectivity index (χ3n) is 5.51. The van der Waals surface area contributed by atoms with Crippen LogP contribution >= 0.6 is 0 Å². The van der Waals surface area contributed by atoms with Gasteiger partial charge in [0.25, 0.3) is 5.91 Å². The highest BCUT2D eigenvalue weighted by Gasteiger charge is 2.31. The van der Waals surface area contributed by atoms with E-state index in [9.17, 15) is 4.79 Å². The third kappa shape index (κ3) is 2.72. The molecule has 1 fully saturated rings. The summed E-state index contributed by atoms with van der Waals surface area (Å²) in [7, 11) is 3.48. The average molecular weight is 407 g/mol. The highest BCUT2D eigenvalue weighted by molar-refractivity contribution is 5.95. The Bertz CT molecular complexity index is 1260. The van der Waals surface area contributed by atoms with E-state index in [-0.39, 0.29) is 17.8 Å². The smallest absolute Gasteiger partial charge is 0.269 e. The Kier molecular flexibility index (Phi) is 4.37. The van der Waals surface area contributed by atoms with E-state index in [1.165, 1.54) is 10.7 Å². The molecule has 0 aliphatic carbocycles. The molecule has 0 spiro atoms. The second-order valence-corrected chi connectivity index (χ2v) is 7.14. The molecule has 30 heavy (non-hydrogen) atoms. The Morgan fingerprint density at radius 1 is 1.33 bits per heavy atom. The minimum absolute atomic E-state index is 0.00285. The number of amides is 1. The number of pyridine rings is 1. The molecule has 1 amide bonds. The summed E-state index contributed by atoms with van der Waals surface area (Å²) in [6.45, 7) is 1.08. The van der Waals surface area contributed by atoms with E-state index in [1.807, 2.05) is 24.4 Å². The number of nitrogens with one attached hydrogen (secondary N) is 1. The fourth-order valence-corrected chi connectivity index (χ4v) is 4.00. The lowest BCUT2D eigenvalue weighted by molar-refractivity contribution is 0.0692. The van der Waals surface area contributed by atoms with Crippen molar-refractivity contribution in [1.29, 1.82) is 0 Å². The SMILES string of the molecule is CNc1cc(-c2cn([C@@H]3COC[C@H]3OC)c3ncccc23)nn2c(C(N)=O)cnc12. The van der Waals surface area contributed by atoms with Gasteiger partial charge in [-0.15, -0.1) is 0 Å². The molecule has 5 heterocycles. The molecule has 0 bridgehead atoms. The van der Waals surface area contributed by atoms with Crippen molar-refractivity contribution in [2.75, 3.05) is 32.7 Å². The number of aromatic nitrogens is 5. The zero-order valence-electron chi connectivity index (χ0n) is 16.6. The Hall–Kier alpha value is -3.50. The quantitative estimate of drug-likeness (QED) is 0.514. The van der Waals surface area contributed by atoms with Crippen molar-refractivity contribution < 1.29 is 14.3 Å². The van der Waals surface area contributed by atoms with Crippen molar-refractivity contribution in [3.63, 3.8) is 0 Å². The Labute approximate surface area is 171 Å². The number of anilines is 1. The molecule has 0 radical (unpaired) electrons. The van der Waals surface area contributed by atoms with Gasteiger partial charge in [-0.1, -0.05) is 0 Å². The van der Waals surface area contributed by atoms with Crippen LogP contribution in [0.4, 0.5) is 5.69 Å². The highest BCUT2D eigenvalue weighted by atomic mass is 16.5. The number of carbonyl (C=O) groups is 1. The summed E-state index contributed by atoms with van der Waals surface area (Å²) in [4.78, 5) is 20.7. The van der Waals surface area contributed by atoms with Gasteiger partial charge in [0.05, 0.1) is 36.8 Å². The Morgan fingerprint density at radius 3 is 2.97 bits per heavy atom. The van der Waals surface area contributed by atoms with Crippen LogP contribution < -0.4 is 11.1 Å². The first-order chi connectivity index (χ1) is 14.6. The maximum Gasteiger partial charge on any atom is 0.269 e. The molecule has 154 valence electrons. The lowest BCUT2D eigenvalue weighted by atomic mass is 10.1. The summed E-state index contributed by atoms with van der Waals surface area (Å²) in [5, 5.41) is 8.73. The molecule has 0 aromatic carbocycles. The van der Waals surface area contributed by atoms with E-state index in [2.05, 4.69) is 25.0 Å². The van der Waals surface area contributed by atoms with Gasteiger partial charge in [-0.25, -0.2) is 14.5 Å². The van der Waals surface area contributed by atoms with Crippen LogP contribution in [0.5, 0.6) is 0 Å². The van der Waals surface area contributed by atoms with Crippen molar-refractivity contribution in [2.24, 2.45) is 5.73 Å². The number of rotatable bonds is 5. The zero-order chi connectivity index (χ0) is 20.8. The van der Waals surface area contributed by atoms with Crippen LogP contribution in [-0.2, 0) is 9.47 Å². The second kappa shape index (κ2) is 7.08. The molecule has 0 unspecified atom stereocenters. The highest BCUT2D eigenvalue weighted by Crippen LogP contribution is 2.35. The molecule has 5 rings (SSSR count). The fourth-order valence-electron chi connectivity index (χ4n) is 4.00. The summed E-state index contributed by atoms with van der Waals surface area (Å²) in [6.07, 6.45) is 5.14. The lowest BCUT2D eigenvalue weighted by Gasteiger charge is -2.18. The Balaban J connectivity index is 1.75. The van der Waals surface area contributed by atoms with E-state index in [4.69, 9.17) is 15.2 Å². The first-order valence-corrected chi connectivity index (χ1v) is 9.55. The number of nitrogens with two attached hydrogens (primary N) is 1. The number of imidazole rings is 1. The van der Waals surface area contributed by atoms with E-state index < -0.39 is 5.91 Å². The van der Waals surface area contributed by atoms with E-state index >= 15 is 0 Å². The summed E-state index contributed by atoms with van der Waals surface area (Å²) < 4.78 is 14.8. The lowest BCUT2D eigenvalue weighted by Crippen LogP contribution is -2.24. The van der Waals surface area contributed by atoms with Crippen molar-refractivity contribution in [2.45, 2.75) is 12.1 Å². The van der Waals surface area contributed by atoms with Gasteiger partial charge in [-0.2, -0.15) is 5.10 Å². The van der Waals surface area contributed by atoms with Gasteiger partial charge in [0.1, 0.15) is 17.4 Å². The van der Waals surface area contributed by atoms with Gasteiger partial charge < -0.3 is 25.1 Å². The minimum atomic E-state index is -0.593. The topological polar surface area (TPSA) is 122 Å². The number of fused-ring (bicyclic) bond motifs is 2. The molecule has 1 aliphatic heterocycles. The molecule has 10 heteroatoms. The molecule has 2 atom stereocenters. The van der Waals surface area contributed by atoms with Gasteiger partial charge >= 0.3 is 0 Å². The standard InChI is InChI=1S/C20H21N7O3/c1-22-14-6-13(25-27-15(18(21)28)7-24-20(14)27)12-8-26(16-9-30-10-17(16)29-2)19-11(12)4-3-5-23-19/h3-8,16-17,22H,9-10H2,1-2H3,(H2,21,28)/t16-,17-/m1/s1. The van der Waals surface area contributed by atoms with Crippen LogP contribution in [0.2, 0.25) is 0 Å². The van der Waals surface area contributed by atoms with Crippen LogP contribution in [0.3, 0.4) is 0 Å². The summed E-state index contributed by atoms with van der Waals surface area (Å²) >= 11 is 0.